The van der Waals surface area contributed by atoms with Gasteiger partial charge in [-0.25, -0.2) is 12.8 Å². The van der Waals surface area contributed by atoms with Gasteiger partial charge < -0.3 is 5.32 Å². The summed E-state index contributed by atoms with van der Waals surface area (Å²) in [5, 5.41) is 2.56. The fourth-order valence-corrected chi connectivity index (χ4v) is 2.44. The summed E-state index contributed by atoms with van der Waals surface area (Å²) in [4.78, 5) is 11.9. The number of halogens is 1. The Kier molecular flexibility index (Phi) is 4.72. The number of hydrogen-bond acceptors (Lipinski definition) is 3. The van der Waals surface area contributed by atoms with E-state index in [9.17, 15) is 17.6 Å². The summed E-state index contributed by atoms with van der Waals surface area (Å²) in [7, 11) is -3.33. The summed E-state index contributed by atoms with van der Waals surface area (Å²) in [5.74, 6) is -0.821. The fourth-order valence-electron chi connectivity index (χ4n) is 1.77. The summed E-state index contributed by atoms with van der Waals surface area (Å²) in [6.07, 6.45) is 3.82. The van der Waals surface area contributed by atoms with Gasteiger partial charge in [0.25, 0.3) is 0 Å². The molecule has 0 unspecified atom stereocenters. The van der Waals surface area contributed by atoms with Crippen LogP contribution in [0.1, 0.15) is 5.56 Å². The molecule has 22 heavy (non-hydrogen) atoms. The molecule has 0 heterocycles. The van der Waals surface area contributed by atoms with E-state index in [0.717, 1.165) is 6.26 Å². The Morgan fingerprint density at radius 3 is 2.55 bits per heavy atom. The average Bonchev–Trinajstić information content (AvgIpc) is 2.45. The number of carbonyl (C=O) groups excluding carboxylic acids is 1. The van der Waals surface area contributed by atoms with Gasteiger partial charge in [-0.2, -0.15) is 0 Å². The summed E-state index contributed by atoms with van der Waals surface area (Å²) in [5.41, 5.74) is 0.928. The maximum absolute atomic E-state index is 13.0. The summed E-state index contributed by atoms with van der Waals surface area (Å²) < 4.78 is 35.9. The second-order valence-electron chi connectivity index (χ2n) is 4.68. The molecule has 4 nitrogen and oxygen atoms in total. The van der Waals surface area contributed by atoms with Crippen molar-refractivity contribution in [1.29, 1.82) is 0 Å². The van der Waals surface area contributed by atoms with Gasteiger partial charge >= 0.3 is 0 Å². The molecule has 0 radical (unpaired) electrons. The lowest BCUT2D eigenvalue weighted by molar-refractivity contribution is -0.111. The molecule has 0 bridgehead atoms. The monoisotopic (exact) mass is 319 g/mol. The Hall–Kier alpha value is -2.47. The first-order valence-electron chi connectivity index (χ1n) is 6.39. The Morgan fingerprint density at radius 2 is 1.86 bits per heavy atom. The molecule has 0 aliphatic heterocycles. The van der Waals surface area contributed by atoms with Crippen LogP contribution in [-0.2, 0) is 14.6 Å². The maximum Gasteiger partial charge on any atom is 0.248 e. The van der Waals surface area contributed by atoms with Crippen LogP contribution in [0.2, 0.25) is 0 Å². The van der Waals surface area contributed by atoms with Crippen molar-refractivity contribution in [3.8, 4) is 0 Å². The number of hydrogen-bond donors (Lipinski definition) is 1. The van der Waals surface area contributed by atoms with Crippen molar-refractivity contribution in [1.82, 2.24) is 0 Å². The molecule has 6 heteroatoms. The SMILES string of the molecule is CS(=O)(=O)c1cccc(NC(=O)/C=C/c2cccc(F)c2)c1. The van der Waals surface area contributed by atoms with Gasteiger partial charge in [-0.3, -0.25) is 4.79 Å². The zero-order valence-electron chi connectivity index (χ0n) is 11.8. The van der Waals surface area contributed by atoms with Crippen LogP contribution < -0.4 is 5.32 Å². The molecule has 114 valence electrons. The van der Waals surface area contributed by atoms with Crippen molar-refractivity contribution >= 4 is 27.5 Å². The van der Waals surface area contributed by atoms with Gasteiger partial charge in [0.1, 0.15) is 5.82 Å². The lowest BCUT2D eigenvalue weighted by Crippen LogP contribution is -2.08. The van der Waals surface area contributed by atoms with Crippen molar-refractivity contribution < 1.29 is 17.6 Å². The average molecular weight is 319 g/mol. The van der Waals surface area contributed by atoms with Crippen LogP contribution in [0.5, 0.6) is 0 Å². The number of rotatable bonds is 4. The first-order valence-corrected chi connectivity index (χ1v) is 8.28. The molecule has 0 saturated carbocycles. The van der Waals surface area contributed by atoms with E-state index in [-0.39, 0.29) is 10.7 Å². The minimum atomic E-state index is -3.33. The number of anilines is 1. The normalized spacial score (nSPS) is 11.5. The summed E-state index contributed by atoms with van der Waals surface area (Å²) in [6, 6.07) is 11.8. The highest BCUT2D eigenvalue weighted by molar-refractivity contribution is 7.90. The summed E-state index contributed by atoms with van der Waals surface area (Å²) >= 11 is 0. The highest BCUT2D eigenvalue weighted by Gasteiger charge is 2.08. The molecule has 0 aromatic heterocycles. The highest BCUT2D eigenvalue weighted by atomic mass is 32.2. The molecule has 0 aliphatic rings. The van der Waals surface area contributed by atoms with E-state index < -0.39 is 15.7 Å². The van der Waals surface area contributed by atoms with Crippen molar-refractivity contribution in [2.75, 3.05) is 11.6 Å². The predicted octanol–water partition coefficient (Wildman–Crippen LogP) is 2.88. The molecular weight excluding hydrogens is 305 g/mol. The standard InChI is InChI=1S/C16H14FNO3S/c1-22(20,21)15-7-3-6-14(11-15)18-16(19)9-8-12-4-2-5-13(17)10-12/h2-11H,1H3,(H,18,19)/b9-8+. The van der Waals surface area contributed by atoms with E-state index >= 15 is 0 Å². The third-order valence-corrected chi connectivity index (χ3v) is 3.92. The van der Waals surface area contributed by atoms with Crippen LogP contribution in [0.4, 0.5) is 10.1 Å². The van der Waals surface area contributed by atoms with E-state index in [1.165, 1.54) is 36.4 Å². The van der Waals surface area contributed by atoms with Crippen LogP contribution in [0.15, 0.2) is 59.5 Å². The zero-order valence-corrected chi connectivity index (χ0v) is 12.6. The first-order chi connectivity index (χ1) is 10.3. The third-order valence-electron chi connectivity index (χ3n) is 2.81. The van der Waals surface area contributed by atoms with E-state index in [2.05, 4.69) is 5.32 Å². The third kappa shape index (κ3) is 4.53. The molecule has 2 aromatic carbocycles. The Bertz CT molecular complexity index is 829. The maximum atomic E-state index is 13.0. The van der Waals surface area contributed by atoms with Crippen LogP contribution >= 0.6 is 0 Å². The number of sulfone groups is 1. The second kappa shape index (κ2) is 6.53. The fraction of sp³-hybridized carbons (Fsp3) is 0.0625. The Labute approximate surface area is 128 Å². The van der Waals surface area contributed by atoms with E-state index in [0.29, 0.717) is 11.3 Å². The minimum Gasteiger partial charge on any atom is -0.322 e. The predicted molar refractivity (Wildman–Crippen MR) is 83.6 cm³/mol. The molecule has 0 saturated heterocycles. The largest absolute Gasteiger partial charge is 0.322 e. The van der Waals surface area contributed by atoms with Crippen LogP contribution in [0.25, 0.3) is 6.08 Å². The van der Waals surface area contributed by atoms with Gasteiger partial charge in [-0.05, 0) is 42.0 Å². The van der Waals surface area contributed by atoms with E-state index in [1.807, 2.05) is 0 Å². The Morgan fingerprint density at radius 1 is 1.14 bits per heavy atom. The molecule has 0 aliphatic carbocycles. The van der Waals surface area contributed by atoms with Crippen molar-refractivity contribution in [3.05, 3.63) is 66.0 Å². The smallest absolute Gasteiger partial charge is 0.248 e. The topological polar surface area (TPSA) is 63.2 Å². The van der Waals surface area contributed by atoms with E-state index in [4.69, 9.17) is 0 Å². The van der Waals surface area contributed by atoms with Crippen molar-refractivity contribution in [3.63, 3.8) is 0 Å². The van der Waals surface area contributed by atoms with Crippen molar-refractivity contribution in [2.24, 2.45) is 0 Å². The lowest BCUT2D eigenvalue weighted by atomic mass is 10.2. The minimum absolute atomic E-state index is 0.124. The van der Waals surface area contributed by atoms with Crippen LogP contribution in [0.3, 0.4) is 0 Å². The van der Waals surface area contributed by atoms with Gasteiger partial charge in [-0.1, -0.05) is 18.2 Å². The molecule has 0 atom stereocenters. The molecule has 0 spiro atoms. The quantitative estimate of drug-likeness (QED) is 0.881. The van der Waals surface area contributed by atoms with Gasteiger partial charge in [-0.15, -0.1) is 0 Å². The van der Waals surface area contributed by atoms with Crippen molar-refractivity contribution in [2.45, 2.75) is 4.90 Å². The Balaban J connectivity index is 2.09. The molecule has 1 amide bonds. The van der Waals surface area contributed by atoms with Crippen LogP contribution in [-0.4, -0.2) is 20.6 Å². The molecule has 1 N–H and O–H groups in total. The number of amides is 1. The molecule has 0 fully saturated rings. The molecule has 2 aromatic rings. The van der Waals surface area contributed by atoms with E-state index in [1.54, 1.807) is 24.3 Å². The first kappa shape index (κ1) is 15.9. The zero-order chi connectivity index (χ0) is 16.2. The molecular formula is C16H14FNO3S. The molecule has 2 rings (SSSR count). The highest BCUT2D eigenvalue weighted by Crippen LogP contribution is 2.15. The van der Waals surface area contributed by atoms with Crippen LogP contribution in [0, 0.1) is 5.82 Å². The van der Waals surface area contributed by atoms with Gasteiger partial charge in [0.15, 0.2) is 9.84 Å². The number of nitrogens with one attached hydrogen (secondary N) is 1. The lowest BCUT2D eigenvalue weighted by Gasteiger charge is -2.04. The number of benzene rings is 2. The second-order valence-corrected chi connectivity index (χ2v) is 6.69. The van der Waals surface area contributed by atoms with Gasteiger partial charge in [0.2, 0.25) is 5.91 Å². The van der Waals surface area contributed by atoms with Gasteiger partial charge in [0, 0.05) is 18.0 Å². The summed E-state index contributed by atoms with van der Waals surface area (Å²) in [6.45, 7) is 0. The van der Waals surface area contributed by atoms with Gasteiger partial charge in [0.05, 0.1) is 4.90 Å². The number of carbonyl (C=O) groups is 1.